The zero-order valence-electron chi connectivity index (χ0n) is 29.4. The van der Waals surface area contributed by atoms with Gasteiger partial charge in [0.25, 0.3) is 5.91 Å². The Balaban J connectivity index is 1.46. The van der Waals surface area contributed by atoms with E-state index >= 15 is 0 Å². The number of ether oxygens (including phenoxy) is 2. The van der Waals surface area contributed by atoms with E-state index in [1.807, 2.05) is 24.3 Å². The number of pyridine rings is 1. The molecule has 1 aromatic carbocycles. The highest BCUT2D eigenvalue weighted by molar-refractivity contribution is 9.10. The third-order valence-corrected chi connectivity index (χ3v) is 11.4. The summed E-state index contributed by atoms with van der Waals surface area (Å²) in [7, 11) is -2.51. The number of likely N-dealkylation sites (N-methyl/N-ethyl adjacent to an activating group) is 1. The highest BCUT2D eigenvalue weighted by Gasteiger charge is 2.62. The first-order valence-corrected chi connectivity index (χ1v) is 19.1. The van der Waals surface area contributed by atoms with Crippen LogP contribution in [0, 0.1) is 5.92 Å². The van der Waals surface area contributed by atoms with Crippen molar-refractivity contribution in [1.82, 2.24) is 30.1 Å². The smallest absolute Gasteiger partial charge is 0.408 e. The molecule has 52 heavy (non-hydrogen) atoms. The quantitative estimate of drug-likeness (QED) is 0.200. The first kappa shape index (κ1) is 38.7. The summed E-state index contributed by atoms with van der Waals surface area (Å²) >= 11 is 3.47. The van der Waals surface area contributed by atoms with Crippen LogP contribution in [0.15, 0.2) is 60.2 Å². The first-order chi connectivity index (χ1) is 24.4. The molecule has 3 aliphatic rings. The standard InChI is InChI=1S/C35H43BrN6O9S/c1-7-21-17-35(21,32(46)40-52(48,49)24-11-12-24)39-29(44)27-16-23(50-30-25-15-22(36)10-9-20(25)13-14-37-30)18-42(27)31(45)26(19-41(6)28(43)8-2)38-33(47)51-34(3,4)5/h7-10,13-15,21,23-24,26-27H,1-2,11-12,16-19H2,3-6H3,(H,38,47)(H,39,44)(H,40,46)/t21-,23-,26+,27+,35-/m1/s1. The molecule has 17 heteroatoms. The lowest BCUT2D eigenvalue weighted by Gasteiger charge is -2.31. The number of hydrogen-bond donors (Lipinski definition) is 3. The van der Waals surface area contributed by atoms with Gasteiger partial charge in [-0.05, 0) is 69.7 Å². The number of rotatable bonds is 13. The van der Waals surface area contributed by atoms with Gasteiger partial charge < -0.3 is 29.9 Å². The Morgan fingerprint density at radius 2 is 1.88 bits per heavy atom. The summed E-state index contributed by atoms with van der Waals surface area (Å²) in [5.74, 6) is -3.20. The van der Waals surface area contributed by atoms with E-state index < -0.39 is 80.2 Å². The summed E-state index contributed by atoms with van der Waals surface area (Å²) in [6.07, 6.45) is 3.28. The van der Waals surface area contributed by atoms with E-state index in [-0.39, 0.29) is 31.8 Å². The lowest BCUT2D eigenvalue weighted by atomic mass is 10.1. The van der Waals surface area contributed by atoms with Gasteiger partial charge in [-0.1, -0.05) is 34.7 Å². The van der Waals surface area contributed by atoms with Crippen molar-refractivity contribution in [3.63, 3.8) is 0 Å². The van der Waals surface area contributed by atoms with E-state index in [0.29, 0.717) is 18.2 Å². The number of aromatic nitrogens is 1. The fraction of sp³-hybridized carbons (Fsp3) is 0.486. The Morgan fingerprint density at radius 3 is 2.50 bits per heavy atom. The minimum absolute atomic E-state index is 0.0545. The molecular formula is C35H43BrN6O9S. The normalized spacial score (nSPS) is 23.2. The third-order valence-electron chi connectivity index (χ3n) is 9.06. The number of sulfonamides is 1. The molecule has 0 spiro atoms. The monoisotopic (exact) mass is 802 g/mol. The van der Waals surface area contributed by atoms with Crippen molar-refractivity contribution in [3.8, 4) is 5.88 Å². The van der Waals surface area contributed by atoms with Crippen LogP contribution >= 0.6 is 15.9 Å². The second kappa shape index (κ2) is 14.8. The van der Waals surface area contributed by atoms with Gasteiger partial charge in [0.05, 0.1) is 18.3 Å². The number of likely N-dealkylation sites (tertiary alicyclic amines) is 1. The molecule has 5 amide bonds. The number of fused-ring (bicyclic) bond motifs is 1. The fourth-order valence-corrected chi connectivity index (χ4v) is 7.84. The number of amides is 5. The van der Waals surface area contributed by atoms with Crippen LogP contribution < -0.4 is 20.1 Å². The van der Waals surface area contributed by atoms with Crippen LogP contribution in [0.4, 0.5) is 4.79 Å². The summed E-state index contributed by atoms with van der Waals surface area (Å²) in [5.41, 5.74) is -2.52. The predicted octanol–water partition coefficient (Wildman–Crippen LogP) is 2.55. The number of hydrogen-bond acceptors (Lipinski definition) is 10. The van der Waals surface area contributed by atoms with E-state index in [9.17, 15) is 32.4 Å². The van der Waals surface area contributed by atoms with Gasteiger partial charge in [-0.25, -0.2) is 18.2 Å². The molecule has 5 atom stereocenters. The van der Waals surface area contributed by atoms with Crippen LogP contribution in [0.2, 0.25) is 0 Å². The summed E-state index contributed by atoms with van der Waals surface area (Å²) < 4.78 is 40.0. The predicted molar refractivity (Wildman–Crippen MR) is 194 cm³/mol. The third kappa shape index (κ3) is 8.74. The van der Waals surface area contributed by atoms with Crippen LogP contribution in [0.5, 0.6) is 5.88 Å². The number of nitrogens with one attached hydrogen (secondary N) is 3. The molecule has 2 aromatic rings. The van der Waals surface area contributed by atoms with E-state index in [4.69, 9.17) is 9.47 Å². The fourth-order valence-electron chi connectivity index (χ4n) is 6.11. The second-order valence-corrected chi connectivity index (χ2v) is 17.1. The van der Waals surface area contributed by atoms with Crippen molar-refractivity contribution in [2.45, 2.75) is 81.0 Å². The van der Waals surface area contributed by atoms with Crippen LogP contribution in [-0.2, 0) is 33.9 Å². The van der Waals surface area contributed by atoms with Gasteiger partial charge in [-0.15, -0.1) is 6.58 Å². The molecule has 0 unspecified atom stereocenters. The number of carbonyl (C=O) groups is 5. The molecule has 3 fully saturated rings. The topological polar surface area (TPSA) is 193 Å². The molecule has 1 saturated heterocycles. The summed E-state index contributed by atoms with van der Waals surface area (Å²) in [6, 6.07) is 4.74. The number of alkyl carbamates (subject to hydrolysis) is 1. The van der Waals surface area contributed by atoms with Crippen molar-refractivity contribution < 1.29 is 41.9 Å². The number of nitrogens with zero attached hydrogens (tertiary/aromatic N) is 3. The Bertz CT molecular complexity index is 1910. The van der Waals surface area contributed by atoms with E-state index in [2.05, 4.69) is 49.4 Å². The molecule has 5 rings (SSSR count). The molecule has 0 bridgehead atoms. The maximum absolute atomic E-state index is 14.4. The maximum Gasteiger partial charge on any atom is 0.408 e. The molecule has 2 saturated carbocycles. The zero-order valence-corrected chi connectivity index (χ0v) is 31.8. The Hall–Kier alpha value is -4.51. The highest BCUT2D eigenvalue weighted by Crippen LogP contribution is 2.45. The Kier molecular flexibility index (Phi) is 11.1. The average molecular weight is 804 g/mol. The van der Waals surface area contributed by atoms with E-state index in [1.54, 1.807) is 27.0 Å². The van der Waals surface area contributed by atoms with Crippen molar-refractivity contribution in [2.24, 2.45) is 5.92 Å². The molecule has 15 nitrogen and oxygen atoms in total. The average Bonchev–Trinajstić information content (AvgIpc) is 4.00. The molecular weight excluding hydrogens is 760 g/mol. The number of carbonyl (C=O) groups excluding carboxylic acids is 5. The maximum atomic E-state index is 14.4. The minimum Gasteiger partial charge on any atom is -0.472 e. The van der Waals surface area contributed by atoms with Gasteiger partial charge in [0.2, 0.25) is 33.6 Å². The van der Waals surface area contributed by atoms with Crippen molar-refractivity contribution in [3.05, 3.63) is 60.2 Å². The Morgan fingerprint density at radius 1 is 1.17 bits per heavy atom. The number of benzene rings is 1. The summed E-state index contributed by atoms with van der Waals surface area (Å²) in [5, 5.41) is 6.11. The van der Waals surface area contributed by atoms with Crippen LogP contribution in [0.25, 0.3) is 10.8 Å². The van der Waals surface area contributed by atoms with Gasteiger partial charge in [-0.2, -0.15) is 0 Å². The summed E-state index contributed by atoms with van der Waals surface area (Å²) in [6.45, 7) is 11.7. The second-order valence-electron chi connectivity index (χ2n) is 14.3. The molecule has 1 aromatic heterocycles. The lowest BCUT2D eigenvalue weighted by molar-refractivity contribution is -0.141. The molecule has 1 aliphatic heterocycles. The SMILES string of the molecule is C=CC(=O)N(C)C[C@H](NC(=O)OC(C)(C)C)C(=O)N1C[C@H](Oc2nccc3ccc(Br)cc23)C[C@H]1C(=O)N[C@]1(C(=O)NS(=O)(=O)C2CC2)C[C@H]1C=C. The minimum atomic E-state index is -3.93. The molecule has 3 N–H and O–H groups in total. The van der Waals surface area contributed by atoms with Gasteiger partial charge in [-0.3, -0.25) is 23.9 Å². The van der Waals surface area contributed by atoms with Crippen LogP contribution in [0.3, 0.4) is 0 Å². The van der Waals surface area contributed by atoms with Gasteiger partial charge in [0.15, 0.2) is 0 Å². The van der Waals surface area contributed by atoms with E-state index in [0.717, 1.165) is 15.9 Å². The summed E-state index contributed by atoms with van der Waals surface area (Å²) in [4.78, 5) is 74.3. The van der Waals surface area contributed by atoms with Gasteiger partial charge >= 0.3 is 6.09 Å². The van der Waals surface area contributed by atoms with Crippen LogP contribution in [-0.4, -0.2) is 108 Å². The van der Waals surface area contributed by atoms with Crippen molar-refractivity contribution >= 4 is 66.4 Å². The highest BCUT2D eigenvalue weighted by atomic mass is 79.9. The Labute approximate surface area is 310 Å². The van der Waals surface area contributed by atoms with Crippen molar-refractivity contribution in [1.29, 1.82) is 0 Å². The van der Waals surface area contributed by atoms with Gasteiger partial charge in [0.1, 0.15) is 29.3 Å². The lowest BCUT2D eigenvalue weighted by Crippen LogP contribution is -2.60. The van der Waals surface area contributed by atoms with Crippen LogP contribution in [0.1, 0.15) is 46.5 Å². The largest absolute Gasteiger partial charge is 0.472 e. The first-order valence-electron chi connectivity index (χ1n) is 16.8. The van der Waals surface area contributed by atoms with Crippen molar-refractivity contribution in [2.75, 3.05) is 20.1 Å². The molecule has 2 aliphatic carbocycles. The zero-order chi connectivity index (χ0) is 38.2. The van der Waals surface area contributed by atoms with Gasteiger partial charge in [0, 0.05) is 35.4 Å². The molecule has 2 heterocycles. The molecule has 280 valence electrons. The van der Waals surface area contributed by atoms with E-state index in [1.165, 1.54) is 22.9 Å². The number of halogens is 1. The molecule has 0 radical (unpaired) electrons.